The van der Waals surface area contributed by atoms with Crippen LogP contribution in [0.25, 0.3) is 0 Å². The fraction of sp³-hybridized carbons (Fsp3) is 0.538. The van der Waals surface area contributed by atoms with Gasteiger partial charge < -0.3 is 18.9 Å². The van der Waals surface area contributed by atoms with Crippen molar-refractivity contribution in [2.75, 3.05) is 37.7 Å². The molecular weight excluding hydrogens is 376 g/mol. The summed E-state index contributed by atoms with van der Waals surface area (Å²) in [4.78, 5) is 25.4. The maximum Gasteiger partial charge on any atom is 0.245 e. The highest BCUT2D eigenvalue weighted by Gasteiger charge is 2.15. The average molecular weight is 396 g/mol. The summed E-state index contributed by atoms with van der Waals surface area (Å²) in [5.74, 6) is -2.72. The van der Waals surface area contributed by atoms with Gasteiger partial charge in [0, 0.05) is 26.2 Å². The molecule has 0 aromatic carbocycles. The molecule has 10 nitrogen and oxygen atoms in total. The van der Waals surface area contributed by atoms with Gasteiger partial charge in [-0.3, -0.25) is 9.59 Å². The molecule has 25 heavy (non-hydrogen) atoms. The number of nitrogens with zero attached hydrogens (tertiary/aromatic N) is 2. The summed E-state index contributed by atoms with van der Waals surface area (Å²) < 4.78 is 64.0. The number of hydrogen-bond donors (Lipinski definition) is 0. The van der Waals surface area contributed by atoms with Crippen molar-refractivity contribution in [1.29, 1.82) is 0 Å². The Morgan fingerprint density at radius 1 is 0.760 bits per heavy atom. The van der Waals surface area contributed by atoms with Gasteiger partial charge in [-0.25, -0.2) is 16.8 Å². The van der Waals surface area contributed by atoms with E-state index in [9.17, 15) is 35.5 Å². The predicted molar refractivity (Wildman–Crippen MR) is 87.3 cm³/mol. The monoisotopic (exact) mass is 396 g/mol. The van der Waals surface area contributed by atoms with E-state index >= 15 is 0 Å². The van der Waals surface area contributed by atoms with Crippen LogP contribution >= 0.6 is 0 Å². The smallest absolute Gasteiger partial charge is 0.245 e. The van der Waals surface area contributed by atoms with Crippen molar-refractivity contribution < 1.29 is 35.5 Å². The van der Waals surface area contributed by atoms with Gasteiger partial charge in [0.15, 0.2) is 0 Å². The number of carbonyl (C=O) groups is 2. The lowest BCUT2D eigenvalue weighted by molar-refractivity contribution is -0.126. The van der Waals surface area contributed by atoms with Crippen LogP contribution in [0.1, 0.15) is 6.42 Å². The first-order valence-electron chi connectivity index (χ1n) is 7.09. The molecule has 0 unspecified atom stereocenters. The minimum atomic E-state index is -4.50. The highest BCUT2D eigenvalue weighted by Crippen LogP contribution is 2.01. The summed E-state index contributed by atoms with van der Waals surface area (Å²) in [5.41, 5.74) is 0. The maximum absolute atomic E-state index is 11.6. The standard InChI is InChI=1S/C13H22N2O8S2/c1-3-12(16)14(8-10-24(18,19)20)6-5-7-15(13(17)4-2)9-11-25(21,22)23/h3-4H,1-2,5-11H2,(H,18,19,20)(H,21,22,23)/p-2. The first-order chi connectivity index (χ1) is 11.4. The van der Waals surface area contributed by atoms with Crippen LogP contribution in [0.15, 0.2) is 25.3 Å². The van der Waals surface area contributed by atoms with Crippen LogP contribution < -0.4 is 0 Å². The molecule has 0 bridgehead atoms. The second-order valence-electron chi connectivity index (χ2n) is 4.94. The molecule has 0 aliphatic rings. The van der Waals surface area contributed by atoms with E-state index in [1.165, 1.54) is 0 Å². The van der Waals surface area contributed by atoms with Gasteiger partial charge in [0.1, 0.15) is 0 Å². The van der Waals surface area contributed by atoms with Crippen LogP contribution in [0.2, 0.25) is 0 Å². The molecule has 2 amide bonds. The molecule has 0 aliphatic heterocycles. The Bertz CT molecular complexity index is 640. The summed E-state index contributed by atoms with van der Waals surface area (Å²) in [6.07, 6.45) is 2.07. The third-order valence-corrected chi connectivity index (χ3v) is 4.42. The van der Waals surface area contributed by atoms with E-state index < -0.39 is 43.6 Å². The van der Waals surface area contributed by atoms with Gasteiger partial charge in [0.2, 0.25) is 11.8 Å². The summed E-state index contributed by atoms with van der Waals surface area (Å²) in [5, 5.41) is 0. The van der Waals surface area contributed by atoms with Gasteiger partial charge in [-0.1, -0.05) is 13.2 Å². The third-order valence-electron chi connectivity index (χ3n) is 3.05. The van der Waals surface area contributed by atoms with E-state index in [1.54, 1.807) is 0 Å². The normalized spacial score (nSPS) is 11.6. The van der Waals surface area contributed by atoms with Crippen LogP contribution in [0.4, 0.5) is 0 Å². The van der Waals surface area contributed by atoms with E-state index in [4.69, 9.17) is 0 Å². The van der Waals surface area contributed by atoms with Crippen molar-refractivity contribution in [2.45, 2.75) is 6.42 Å². The zero-order valence-electron chi connectivity index (χ0n) is 13.5. The minimum Gasteiger partial charge on any atom is -0.748 e. The zero-order chi connectivity index (χ0) is 19.7. The third kappa shape index (κ3) is 11.4. The van der Waals surface area contributed by atoms with Crippen LogP contribution in [-0.4, -0.2) is 85.2 Å². The Labute approximate surface area is 147 Å². The fourth-order valence-electron chi connectivity index (χ4n) is 1.82. The first kappa shape index (κ1) is 23.2. The predicted octanol–water partition coefficient (Wildman–Crippen LogP) is -1.50. The topological polar surface area (TPSA) is 155 Å². The molecule has 0 atom stereocenters. The fourth-order valence-corrected chi connectivity index (χ4v) is 2.71. The molecule has 0 saturated carbocycles. The van der Waals surface area contributed by atoms with Gasteiger partial charge >= 0.3 is 0 Å². The van der Waals surface area contributed by atoms with Crippen molar-refractivity contribution in [1.82, 2.24) is 9.80 Å². The van der Waals surface area contributed by atoms with Crippen molar-refractivity contribution in [3.8, 4) is 0 Å². The van der Waals surface area contributed by atoms with Gasteiger partial charge in [-0.15, -0.1) is 0 Å². The summed E-state index contributed by atoms with van der Waals surface area (Å²) in [6, 6.07) is 0. The second-order valence-corrected chi connectivity index (χ2v) is 7.98. The van der Waals surface area contributed by atoms with Gasteiger partial charge in [0.25, 0.3) is 0 Å². The Balaban J connectivity index is 4.76. The summed E-state index contributed by atoms with van der Waals surface area (Å²) in [6.45, 7) is 5.88. The van der Waals surface area contributed by atoms with Crippen molar-refractivity contribution >= 4 is 32.1 Å². The average Bonchev–Trinajstić information content (AvgIpc) is 2.50. The number of rotatable bonds is 12. The summed E-state index contributed by atoms with van der Waals surface area (Å²) in [7, 11) is -9.00. The maximum atomic E-state index is 11.6. The lowest BCUT2D eigenvalue weighted by Gasteiger charge is -2.25. The molecule has 0 rings (SSSR count). The number of carbonyl (C=O) groups excluding carboxylic acids is 2. The Kier molecular flexibility index (Phi) is 9.56. The SMILES string of the molecule is C=CC(=O)N(CCCN(CCS(=O)(=O)[O-])C(=O)C=C)CCS(=O)(=O)[O-]. The van der Waals surface area contributed by atoms with Gasteiger partial charge in [-0.2, -0.15) is 0 Å². The lowest BCUT2D eigenvalue weighted by atomic mass is 10.3. The molecule has 0 aromatic rings. The second kappa shape index (κ2) is 10.3. The van der Waals surface area contributed by atoms with Crippen molar-refractivity contribution in [3.63, 3.8) is 0 Å². The molecule has 12 heteroatoms. The Hall–Kier alpha value is -1.76. The molecule has 0 fully saturated rings. The highest BCUT2D eigenvalue weighted by molar-refractivity contribution is 7.85. The lowest BCUT2D eigenvalue weighted by Crippen LogP contribution is -2.39. The minimum absolute atomic E-state index is 0.00538. The number of hydrogen-bond acceptors (Lipinski definition) is 8. The largest absolute Gasteiger partial charge is 0.748 e. The zero-order valence-corrected chi connectivity index (χ0v) is 15.1. The Morgan fingerprint density at radius 3 is 1.32 bits per heavy atom. The molecule has 0 aliphatic carbocycles. The van der Waals surface area contributed by atoms with Crippen molar-refractivity contribution in [2.24, 2.45) is 0 Å². The van der Waals surface area contributed by atoms with E-state index in [0.717, 1.165) is 22.0 Å². The van der Waals surface area contributed by atoms with E-state index in [-0.39, 0.29) is 32.6 Å². The van der Waals surface area contributed by atoms with E-state index in [1.807, 2.05) is 0 Å². The molecule has 144 valence electrons. The van der Waals surface area contributed by atoms with Gasteiger partial charge in [0.05, 0.1) is 31.7 Å². The van der Waals surface area contributed by atoms with E-state index in [2.05, 4.69) is 13.2 Å². The molecule has 0 N–H and O–H groups in total. The molecule has 0 heterocycles. The molecule has 0 radical (unpaired) electrons. The first-order valence-corrected chi connectivity index (χ1v) is 10.2. The molecule has 0 aromatic heterocycles. The molecule has 0 spiro atoms. The number of amides is 2. The highest BCUT2D eigenvalue weighted by atomic mass is 32.2. The van der Waals surface area contributed by atoms with Crippen LogP contribution in [0, 0.1) is 0 Å². The van der Waals surface area contributed by atoms with Gasteiger partial charge in [-0.05, 0) is 18.6 Å². The van der Waals surface area contributed by atoms with E-state index in [0.29, 0.717) is 0 Å². The van der Waals surface area contributed by atoms with Crippen LogP contribution in [-0.2, 0) is 29.8 Å². The van der Waals surface area contributed by atoms with Crippen LogP contribution in [0.5, 0.6) is 0 Å². The summed E-state index contributed by atoms with van der Waals surface area (Å²) >= 11 is 0. The van der Waals surface area contributed by atoms with Crippen molar-refractivity contribution in [3.05, 3.63) is 25.3 Å². The quantitative estimate of drug-likeness (QED) is 0.285. The molecular formula is C13H20N2O8S2-2. The molecule has 0 saturated heterocycles. The van der Waals surface area contributed by atoms with Crippen LogP contribution in [0.3, 0.4) is 0 Å². The Morgan fingerprint density at radius 2 is 1.08 bits per heavy atom.